The van der Waals surface area contributed by atoms with Gasteiger partial charge in [-0.05, 0) is 0 Å². The Kier molecular flexibility index (Phi) is 1.46. The molecular formula is C8H14O2. The van der Waals surface area contributed by atoms with Gasteiger partial charge in [-0.15, -0.1) is 0 Å². The molecule has 0 aromatic heterocycles. The van der Waals surface area contributed by atoms with Crippen LogP contribution in [-0.2, 0) is 9.47 Å². The molecule has 0 aliphatic carbocycles. The highest BCUT2D eigenvalue weighted by atomic mass is 16.6. The van der Waals surface area contributed by atoms with Gasteiger partial charge in [-0.25, -0.2) is 0 Å². The molecule has 0 amide bonds. The summed E-state index contributed by atoms with van der Waals surface area (Å²) in [7, 11) is 0. The summed E-state index contributed by atoms with van der Waals surface area (Å²) in [6.07, 6.45) is 0.796. The lowest BCUT2D eigenvalue weighted by molar-refractivity contribution is 0.0627. The van der Waals surface area contributed by atoms with Crippen LogP contribution >= 0.6 is 0 Å². The van der Waals surface area contributed by atoms with Crippen molar-refractivity contribution < 1.29 is 9.47 Å². The van der Waals surface area contributed by atoms with E-state index in [0.717, 1.165) is 13.2 Å². The number of ether oxygens (including phenoxy) is 2. The summed E-state index contributed by atoms with van der Waals surface area (Å²) < 4.78 is 11.2. The molecule has 2 nitrogen and oxygen atoms in total. The minimum absolute atomic E-state index is 0.398. The first-order chi connectivity index (χ1) is 4.79. The lowest BCUT2D eigenvalue weighted by Gasteiger charge is -2.10. The second-order valence-electron chi connectivity index (χ2n) is 3.55. The highest BCUT2D eigenvalue weighted by Crippen LogP contribution is 2.33. The average molecular weight is 142 g/mol. The van der Waals surface area contributed by atoms with Crippen molar-refractivity contribution in [2.24, 2.45) is 11.8 Å². The molecule has 0 N–H and O–H groups in total. The normalized spacial score (nSPS) is 53.4. The summed E-state index contributed by atoms with van der Waals surface area (Å²) in [4.78, 5) is 0. The van der Waals surface area contributed by atoms with E-state index in [1.165, 1.54) is 0 Å². The Hall–Kier alpha value is -0.0800. The first-order valence-electron chi connectivity index (χ1n) is 4.02. The fraction of sp³-hybridized carbons (Fsp3) is 1.00. The van der Waals surface area contributed by atoms with Crippen LogP contribution in [0.25, 0.3) is 0 Å². The van der Waals surface area contributed by atoms with Crippen LogP contribution in [0, 0.1) is 11.8 Å². The van der Waals surface area contributed by atoms with Crippen LogP contribution in [0.3, 0.4) is 0 Å². The largest absolute Gasteiger partial charge is 0.375 e. The van der Waals surface area contributed by atoms with E-state index in [2.05, 4.69) is 13.8 Å². The van der Waals surface area contributed by atoms with Crippen molar-refractivity contribution in [3.05, 3.63) is 0 Å². The lowest BCUT2D eigenvalue weighted by Crippen LogP contribution is -2.23. The Morgan fingerprint density at radius 1 is 0.900 bits per heavy atom. The van der Waals surface area contributed by atoms with Crippen molar-refractivity contribution in [3.63, 3.8) is 0 Å². The molecule has 0 spiro atoms. The Bertz CT molecular complexity index is 119. The van der Waals surface area contributed by atoms with Crippen LogP contribution < -0.4 is 0 Å². The van der Waals surface area contributed by atoms with Gasteiger partial charge in [-0.3, -0.25) is 0 Å². The molecular weight excluding hydrogens is 128 g/mol. The standard InChI is InChI=1S/C8H14O2/c1-5-3-9-8-6(2)4-10-7(5)8/h5-8H,3-4H2,1-2H3/t5-,6-,7-,8-/m0/s1. The Morgan fingerprint density at radius 2 is 1.30 bits per heavy atom. The first kappa shape index (κ1) is 6.62. The highest BCUT2D eigenvalue weighted by Gasteiger charge is 2.43. The number of hydrogen-bond acceptors (Lipinski definition) is 2. The van der Waals surface area contributed by atoms with Gasteiger partial charge in [0.1, 0.15) is 0 Å². The molecule has 0 aromatic rings. The Balaban J connectivity index is 2.09. The van der Waals surface area contributed by atoms with E-state index >= 15 is 0 Å². The summed E-state index contributed by atoms with van der Waals surface area (Å²) in [6.45, 7) is 6.17. The molecule has 4 atom stereocenters. The molecule has 2 aliphatic rings. The zero-order valence-corrected chi connectivity index (χ0v) is 6.54. The molecule has 10 heavy (non-hydrogen) atoms. The van der Waals surface area contributed by atoms with E-state index in [0.29, 0.717) is 24.0 Å². The topological polar surface area (TPSA) is 18.5 Å². The van der Waals surface area contributed by atoms with Gasteiger partial charge in [0, 0.05) is 11.8 Å². The predicted octanol–water partition coefficient (Wildman–Crippen LogP) is 1.06. The third kappa shape index (κ3) is 0.789. The third-order valence-electron chi connectivity index (χ3n) is 2.55. The molecule has 2 aliphatic heterocycles. The molecule has 2 heterocycles. The maximum Gasteiger partial charge on any atom is 0.0887 e. The number of fused-ring (bicyclic) bond motifs is 1. The maximum atomic E-state index is 5.58. The van der Waals surface area contributed by atoms with Gasteiger partial charge in [0.05, 0.1) is 25.4 Å². The molecule has 2 fully saturated rings. The van der Waals surface area contributed by atoms with E-state index < -0.39 is 0 Å². The van der Waals surface area contributed by atoms with Crippen LogP contribution in [0.5, 0.6) is 0 Å². The van der Waals surface area contributed by atoms with Gasteiger partial charge in [-0.2, -0.15) is 0 Å². The van der Waals surface area contributed by atoms with E-state index in [4.69, 9.17) is 9.47 Å². The maximum absolute atomic E-state index is 5.58. The molecule has 0 unspecified atom stereocenters. The molecule has 0 bridgehead atoms. The first-order valence-corrected chi connectivity index (χ1v) is 4.02. The summed E-state index contributed by atoms with van der Waals surface area (Å²) in [6, 6.07) is 0. The van der Waals surface area contributed by atoms with Crippen LogP contribution in [0.15, 0.2) is 0 Å². The van der Waals surface area contributed by atoms with Crippen molar-refractivity contribution in [3.8, 4) is 0 Å². The smallest absolute Gasteiger partial charge is 0.0887 e. The Labute approximate surface area is 61.5 Å². The van der Waals surface area contributed by atoms with Gasteiger partial charge >= 0.3 is 0 Å². The van der Waals surface area contributed by atoms with Crippen LogP contribution in [0.4, 0.5) is 0 Å². The summed E-state index contributed by atoms with van der Waals surface area (Å²) >= 11 is 0. The average Bonchev–Trinajstić information content (AvgIpc) is 2.41. The Morgan fingerprint density at radius 3 is 1.70 bits per heavy atom. The van der Waals surface area contributed by atoms with Crippen LogP contribution in [-0.4, -0.2) is 25.4 Å². The fourth-order valence-electron chi connectivity index (χ4n) is 1.88. The minimum atomic E-state index is 0.398. The van der Waals surface area contributed by atoms with E-state index in [-0.39, 0.29) is 0 Å². The van der Waals surface area contributed by atoms with Crippen molar-refractivity contribution in [1.29, 1.82) is 0 Å². The second-order valence-corrected chi connectivity index (χ2v) is 3.55. The molecule has 0 aromatic carbocycles. The molecule has 2 saturated heterocycles. The zero-order chi connectivity index (χ0) is 7.14. The number of hydrogen-bond donors (Lipinski definition) is 0. The SMILES string of the molecule is C[C@H]1CO[C@@H]2[C@H]1OC[C@@H]2C. The van der Waals surface area contributed by atoms with Gasteiger partial charge in [0.2, 0.25) is 0 Å². The summed E-state index contributed by atoms with van der Waals surface area (Å²) in [5.41, 5.74) is 0. The molecule has 2 heteroatoms. The van der Waals surface area contributed by atoms with Gasteiger partial charge in [0.15, 0.2) is 0 Å². The van der Waals surface area contributed by atoms with Crippen molar-refractivity contribution in [1.82, 2.24) is 0 Å². The van der Waals surface area contributed by atoms with Crippen molar-refractivity contribution in [2.45, 2.75) is 26.1 Å². The molecule has 0 saturated carbocycles. The predicted molar refractivity (Wildman–Crippen MR) is 37.8 cm³/mol. The summed E-state index contributed by atoms with van der Waals surface area (Å²) in [5, 5.41) is 0. The zero-order valence-electron chi connectivity index (χ0n) is 6.54. The van der Waals surface area contributed by atoms with E-state index in [9.17, 15) is 0 Å². The van der Waals surface area contributed by atoms with Crippen molar-refractivity contribution in [2.75, 3.05) is 13.2 Å². The van der Waals surface area contributed by atoms with Crippen molar-refractivity contribution >= 4 is 0 Å². The van der Waals surface area contributed by atoms with Crippen LogP contribution in [0.2, 0.25) is 0 Å². The van der Waals surface area contributed by atoms with Crippen LogP contribution in [0.1, 0.15) is 13.8 Å². The second kappa shape index (κ2) is 2.21. The molecule has 0 radical (unpaired) electrons. The molecule has 2 rings (SSSR count). The summed E-state index contributed by atoms with van der Waals surface area (Å²) in [5.74, 6) is 1.21. The minimum Gasteiger partial charge on any atom is -0.375 e. The van der Waals surface area contributed by atoms with E-state index in [1.807, 2.05) is 0 Å². The van der Waals surface area contributed by atoms with E-state index in [1.54, 1.807) is 0 Å². The lowest BCUT2D eigenvalue weighted by atomic mass is 9.99. The van der Waals surface area contributed by atoms with Gasteiger partial charge in [0.25, 0.3) is 0 Å². The third-order valence-corrected chi connectivity index (χ3v) is 2.55. The quantitative estimate of drug-likeness (QED) is 0.503. The monoisotopic (exact) mass is 142 g/mol. The molecule has 58 valence electrons. The van der Waals surface area contributed by atoms with Gasteiger partial charge < -0.3 is 9.47 Å². The van der Waals surface area contributed by atoms with Gasteiger partial charge in [-0.1, -0.05) is 13.8 Å². The fourth-order valence-corrected chi connectivity index (χ4v) is 1.88. The number of rotatable bonds is 0. The highest BCUT2D eigenvalue weighted by molar-refractivity contribution is 4.90.